The number of hydrazine groups is 1. The number of hydrogen-bond donors (Lipinski definition) is 2. The SMILES string of the molecule is Cc1cccc(C)c1OCC(=O)NN(C)C(=S)NCc1ccccc1. The van der Waals surface area contributed by atoms with E-state index in [2.05, 4.69) is 10.7 Å². The molecule has 2 rings (SSSR count). The maximum Gasteiger partial charge on any atom is 0.276 e. The smallest absolute Gasteiger partial charge is 0.276 e. The topological polar surface area (TPSA) is 53.6 Å². The van der Waals surface area contributed by atoms with Crippen molar-refractivity contribution in [2.75, 3.05) is 13.7 Å². The van der Waals surface area contributed by atoms with Crippen molar-refractivity contribution >= 4 is 23.2 Å². The molecule has 0 heterocycles. The number of amides is 1. The van der Waals surface area contributed by atoms with Gasteiger partial charge in [0.1, 0.15) is 5.75 Å². The van der Waals surface area contributed by atoms with E-state index in [1.807, 2.05) is 62.4 Å². The van der Waals surface area contributed by atoms with Crippen LogP contribution in [0.5, 0.6) is 5.75 Å². The lowest BCUT2D eigenvalue weighted by Crippen LogP contribution is -2.49. The van der Waals surface area contributed by atoms with Crippen molar-refractivity contribution in [1.29, 1.82) is 0 Å². The first-order chi connectivity index (χ1) is 12.0. The average molecular weight is 357 g/mol. The largest absolute Gasteiger partial charge is 0.483 e. The fourth-order valence-corrected chi connectivity index (χ4v) is 2.44. The summed E-state index contributed by atoms with van der Waals surface area (Å²) in [5.41, 5.74) is 5.81. The Bertz CT molecular complexity index is 714. The Morgan fingerprint density at radius 2 is 1.72 bits per heavy atom. The second-order valence-corrected chi connectivity index (χ2v) is 6.13. The second-order valence-electron chi connectivity index (χ2n) is 5.75. The molecular formula is C19H23N3O2S. The number of carbonyl (C=O) groups excluding carboxylic acids is 1. The zero-order valence-corrected chi connectivity index (χ0v) is 15.5. The number of ether oxygens (including phenoxy) is 1. The van der Waals surface area contributed by atoms with Gasteiger partial charge in [-0.2, -0.15) is 0 Å². The first-order valence-corrected chi connectivity index (χ1v) is 8.42. The number of nitrogens with zero attached hydrogens (tertiary/aromatic N) is 1. The Hall–Kier alpha value is -2.60. The van der Waals surface area contributed by atoms with Crippen LogP contribution in [0.25, 0.3) is 0 Å². The van der Waals surface area contributed by atoms with Crippen molar-refractivity contribution in [2.24, 2.45) is 0 Å². The molecule has 0 fully saturated rings. The molecule has 0 saturated carbocycles. The molecule has 1 amide bonds. The normalized spacial score (nSPS) is 10.0. The van der Waals surface area contributed by atoms with Crippen LogP contribution in [-0.2, 0) is 11.3 Å². The number of benzene rings is 2. The predicted octanol–water partition coefficient (Wildman–Crippen LogP) is 2.72. The molecule has 0 aliphatic heterocycles. The number of rotatable bonds is 5. The van der Waals surface area contributed by atoms with E-state index in [0.29, 0.717) is 11.7 Å². The van der Waals surface area contributed by atoms with Crippen LogP contribution >= 0.6 is 12.2 Å². The fraction of sp³-hybridized carbons (Fsp3) is 0.263. The van der Waals surface area contributed by atoms with Gasteiger partial charge >= 0.3 is 0 Å². The maximum absolute atomic E-state index is 12.1. The third-order valence-electron chi connectivity index (χ3n) is 3.64. The molecule has 0 aliphatic carbocycles. The number of hydrogen-bond acceptors (Lipinski definition) is 3. The molecule has 5 nitrogen and oxygen atoms in total. The molecule has 25 heavy (non-hydrogen) atoms. The first kappa shape index (κ1) is 18.7. The van der Waals surface area contributed by atoms with E-state index in [9.17, 15) is 4.79 Å². The third-order valence-corrected chi connectivity index (χ3v) is 4.06. The standard InChI is InChI=1S/C19H23N3O2S/c1-14-8-7-9-15(2)18(14)24-13-17(23)21-22(3)19(25)20-12-16-10-5-4-6-11-16/h4-11H,12-13H2,1-3H3,(H,20,25)(H,21,23). The summed E-state index contributed by atoms with van der Waals surface area (Å²) in [7, 11) is 1.69. The van der Waals surface area contributed by atoms with E-state index in [0.717, 1.165) is 22.4 Å². The van der Waals surface area contributed by atoms with E-state index in [-0.39, 0.29) is 12.5 Å². The third kappa shape index (κ3) is 5.76. The summed E-state index contributed by atoms with van der Waals surface area (Å²) in [6, 6.07) is 15.8. The van der Waals surface area contributed by atoms with E-state index < -0.39 is 0 Å². The van der Waals surface area contributed by atoms with Gasteiger partial charge in [-0.25, -0.2) is 0 Å². The maximum atomic E-state index is 12.1. The van der Waals surface area contributed by atoms with Crippen LogP contribution in [-0.4, -0.2) is 29.7 Å². The summed E-state index contributed by atoms with van der Waals surface area (Å²) in [5, 5.41) is 5.01. The quantitative estimate of drug-likeness (QED) is 0.637. The van der Waals surface area contributed by atoms with Crippen molar-refractivity contribution in [2.45, 2.75) is 20.4 Å². The van der Waals surface area contributed by atoms with Crippen LogP contribution in [0.2, 0.25) is 0 Å². The summed E-state index contributed by atoms with van der Waals surface area (Å²) in [4.78, 5) is 12.1. The molecule has 0 unspecified atom stereocenters. The van der Waals surface area contributed by atoms with E-state index in [1.54, 1.807) is 7.05 Å². The highest BCUT2D eigenvalue weighted by molar-refractivity contribution is 7.80. The number of para-hydroxylation sites is 1. The first-order valence-electron chi connectivity index (χ1n) is 8.01. The van der Waals surface area contributed by atoms with Gasteiger partial charge in [-0.1, -0.05) is 48.5 Å². The van der Waals surface area contributed by atoms with E-state index >= 15 is 0 Å². The van der Waals surface area contributed by atoms with E-state index in [1.165, 1.54) is 5.01 Å². The van der Waals surface area contributed by atoms with Gasteiger partial charge in [0.25, 0.3) is 5.91 Å². The molecule has 6 heteroatoms. The van der Waals surface area contributed by atoms with E-state index in [4.69, 9.17) is 17.0 Å². The van der Waals surface area contributed by atoms with Gasteiger partial charge in [-0.05, 0) is 42.8 Å². The molecule has 0 bridgehead atoms. The molecule has 0 atom stereocenters. The fourth-order valence-electron chi connectivity index (χ4n) is 2.33. The van der Waals surface area contributed by atoms with Gasteiger partial charge in [-0.3, -0.25) is 15.2 Å². The van der Waals surface area contributed by atoms with Crippen molar-refractivity contribution in [3.63, 3.8) is 0 Å². The minimum Gasteiger partial charge on any atom is -0.483 e. The van der Waals surface area contributed by atoms with Crippen molar-refractivity contribution < 1.29 is 9.53 Å². The van der Waals surface area contributed by atoms with Crippen molar-refractivity contribution in [1.82, 2.24) is 15.8 Å². The molecule has 0 radical (unpaired) electrons. The molecule has 0 aromatic heterocycles. The summed E-state index contributed by atoms with van der Waals surface area (Å²) in [5.74, 6) is 0.471. The summed E-state index contributed by atoms with van der Waals surface area (Å²) < 4.78 is 5.64. The van der Waals surface area contributed by atoms with Crippen molar-refractivity contribution in [3.05, 3.63) is 65.2 Å². The van der Waals surface area contributed by atoms with Gasteiger partial charge in [0.2, 0.25) is 0 Å². The highest BCUT2D eigenvalue weighted by Crippen LogP contribution is 2.21. The number of carbonyl (C=O) groups is 1. The lowest BCUT2D eigenvalue weighted by molar-refractivity contribution is -0.126. The summed E-state index contributed by atoms with van der Waals surface area (Å²) in [6.07, 6.45) is 0. The summed E-state index contributed by atoms with van der Waals surface area (Å²) >= 11 is 5.27. The van der Waals surface area contributed by atoms with Gasteiger partial charge in [-0.15, -0.1) is 0 Å². The van der Waals surface area contributed by atoms with Gasteiger partial charge in [0.15, 0.2) is 11.7 Å². The molecule has 132 valence electrons. The Kier molecular flexibility index (Phi) is 6.77. The Labute approximate surface area is 154 Å². The molecule has 0 aliphatic rings. The molecule has 0 spiro atoms. The number of aryl methyl sites for hydroxylation is 2. The zero-order chi connectivity index (χ0) is 18.2. The van der Waals surface area contributed by atoms with Gasteiger partial charge in [0, 0.05) is 13.6 Å². The zero-order valence-electron chi connectivity index (χ0n) is 14.7. The average Bonchev–Trinajstić information content (AvgIpc) is 2.60. The van der Waals surface area contributed by atoms with Crippen molar-refractivity contribution in [3.8, 4) is 5.75 Å². The molecule has 2 N–H and O–H groups in total. The van der Waals surface area contributed by atoms with Gasteiger partial charge < -0.3 is 10.1 Å². The molecular weight excluding hydrogens is 334 g/mol. The minimum atomic E-state index is -0.269. The van der Waals surface area contributed by atoms with Crippen LogP contribution in [0.3, 0.4) is 0 Å². The van der Waals surface area contributed by atoms with Crippen LogP contribution in [0.1, 0.15) is 16.7 Å². The molecule has 2 aromatic carbocycles. The second kappa shape index (κ2) is 9.03. The van der Waals surface area contributed by atoms with Crippen LogP contribution in [0, 0.1) is 13.8 Å². The highest BCUT2D eigenvalue weighted by Gasteiger charge is 2.11. The van der Waals surface area contributed by atoms with Crippen LogP contribution < -0.4 is 15.5 Å². The minimum absolute atomic E-state index is 0.0721. The molecule has 0 saturated heterocycles. The van der Waals surface area contributed by atoms with Crippen LogP contribution in [0.15, 0.2) is 48.5 Å². The number of thiocarbonyl (C=S) groups is 1. The lowest BCUT2D eigenvalue weighted by Gasteiger charge is -2.22. The lowest BCUT2D eigenvalue weighted by atomic mass is 10.1. The monoisotopic (exact) mass is 357 g/mol. The van der Waals surface area contributed by atoms with Gasteiger partial charge in [0.05, 0.1) is 0 Å². The predicted molar refractivity (Wildman–Crippen MR) is 103 cm³/mol. The summed E-state index contributed by atoms with van der Waals surface area (Å²) in [6.45, 7) is 4.43. The highest BCUT2D eigenvalue weighted by atomic mass is 32.1. The Morgan fingerprint density at radius 3 is 2.36 bits per heavy atom. The Balaban J connectivity index is 1.78. The molecule has 2 aromatic rings. The number of nitrogens with one attached hydrogen (secondary N) is 2. The Morgan fingerprint density at radius 1 is 1.08 bits per heavy atom. The van der Waals surface area contributed by atoms with Crippen LogP contribution in [0.4, 0.5) is 0 Å².